The van der Waals surface area contributed by atoms with Gasteiger partial charge in [0.15, 0.2) is 0 Å². The minimum atomic E-state index is -1.41. The summed E-state index contributed by atoms with van der Waals surface area (Å²) in [6, 6.07) is 28.8. The molecule has 5 rings (SSSR count). The van der Waals surface area contributed by atoms with Crippen molar-refractivity contribution >= 4 is 11.8 Å². The number of carboxylic acid groups (broad SMARTS) is 1. The highest BCUT2D eigenvalue weighted by Gasteiger charge is 2.36. The van der Waals surface area contributed by atoms with Gasteiger partial charge in [-0.3, -0.25) is 4.90 Å². The molecule has 1 atom stereocenters. The number of aromatic nitrogens is 2. The second kappa shape index (κ2) is 12.2. The average molecular weight is 539 g/mol. The summed E-state index contributed by atoms with van der Waals surface area (Å²) in [5.74, 6) is 2.08. The lowest BCUT2D eigenvalue weighted by atomic mass is 9.96. The summed E-state index contributed by atoms with van der Waals surface area (Å²) in [6.07, 6.45) is 0.199. The molecule has 1 aromatic heterocycles. The highest BCUT2D eigenvalue weighted by Crippen LogP contribution is 2.27. The largest absolute Gasteiger partial charge is 0.478 e. The van der Waals surface area contributed by atoms with E-state index in [0.717, 1.165) is 44.1 Å². The maximum absolute atomic E-state index is 12.1. The first-order valence-corrected chi connectivity index (χ1v) is 13.5. The Labute approximate surface area is 234 Å². The van der Waals surface area contributed by atoms with Gasteiger partial charge in [0.1, 0.15) is 23.1 Å². The number of piperazine rings is 1. The highest BCUT2D eigenvalue weighted by molar-refractivity contribution is 5.78. The van der Waals surface area contributed by atoms with Gasteiger partial charge in [-0.25, -0.2) is 9.78 Å². The van der Waals surface area contributed by atoms with Crippen molar-refractivity contribution in [3.05, 3.63) is 108 Å². The van der Waals surface area contributed by atoms with E-state index in [0.29, 0.717) is 23.2 Å². The zero-order valence-electron chi connectivity index (χ0n) is 22.9. The Morgan fingerprint density at radius 1 is 0.850 bits per heavy atom. The van der Waals surface area contributed by atoms with Crippen LogP contribution in [0.3, 0.4) is 0 Å². The molecule has 1 N–H and O–H groups in total. The number of ether oxygens (including phenoxy) is 2. The first-order chi connectivity index (χ1) is 19.4. The van der Waals surface area contributed by atoms with Crippen molar-refractivity contribution in [2.24, 2.45) is 0 Å². The topological polar surface area (TPSA) is 88.0 Å². The Morgan fingerprint density at radius 3 is 2.15 bits per heavy atom. The number of rotatable bonds is 10. The van der Waals surface area contributed by atoms with Gasteiger partial charge in [-0.15, -0.1) is 0 Å². The van der Waals surface area contributed by atoms with Gasteiger partial charge in [-0.05, 0) is 49.2 Å². The van der Waals surface area contributed by atoms with Crippen LogP contribution in [0.2, 0.25) is 0 Å². The third kappa shape index (κ3) is 6.95. The molecule has 1 saturated heterocycles. The normalized spacial score (nSPS) is 15.3. The second-order valence-corrected chi connectivity index (χ2v) is 10.2. The zero-order chi connectivity index (χ0) is 28.0. The first kappa shape index (κ1) is 27.1. The zero-order valence-corrected chi connectivity index (χ0v) is 22.9. The minimum Gasteiger partial charge on any atom is -0.478 e. The number of hydrogen-bond acceptors (Lipinski definition) is 7. The molecule has 0 radical (unpaired) electrons. The molecule has 0 spiro atoms. The third-order valence-electron chi connectivity index (χ3n) is 6.97. The molecule has 1 aliphatic heterocycles. The molecule has 1 unspecified atom stereocenters. The first-order valence-electron chi connectivity index (χ1n) is 13.5. The van der Waals surface area contributed by atoms with E-state index in [1.807, 2.05) is 61.5 Å². The summed E-state index contributed by atoms with van der Waals surface area (Å²) in [5, 5.41) is 9.87. The van der Waals surface area contributed by atoms with Crippen molar-refractivity contribution in [3.63, 3.8) is 0 Å². The molecule has 40 heavy (non-hydrogen) atoms. The van der Waals surface area contributed by atoms with Gasteiger partial charge in [-0.2, -0.15) is 4.98 Å². The van der Waals surface area contributed by atoms with Gasteiger partial charge < -0.3 is 19.5 Å². The summed E-state index contributed by atoms with van der Waals surface area (Å²) in [7, 11) is 0. The van der Waals surface area contributed by atoms with Crippen LogP contribution in [-0.2, 0) is 17.8 Å². The molecular formula is C32H34N4O4. The molecule has 4 aromatic rings. The number of aliphatic carboxylic acids is 1. The number of nitrogens with zero attached hydrogens (tertiary/aromatic N) is 4. The molecule has 2 heterocycles. The Hall–Kier alpha value is -4.43. The summed E-state index contributed by atoms with van der Waals surface area (Å²) < 4.78 is 11.9. The van der Waals surface area contributed by atoms with Crippen LogP contribution in [0.5, 0.6) is 17.4 Å². The number of benzene rings is 3. The van der Waals surface area contributed by atoms with Crippen LogP contribution in [0.4, 0.5) is 5.82 Å². The van der Waals surface area contributed by atoms with Crippen LogP contribution in [-0.4, -0.2) is 57.7 Å². The number of para-hydroxylation sites is 1. The predicted octanol–water partition coefficient (Wildman–Crippen LogP) is 5.36. The molecule has 0 saturated carbocycles. The van der Waals surface area contributed by atoms with Gasteiger partial charge in [-0.1, -0.05) is 60.7 Å². The van der Waals surface area contributed by atoms with Gasteiger partial charge in [0.25, 0.3) is 0 Å². The van der Waals surface area contributed by atoms with Crippen LogP contribution in [0.25, 0.3) is 0 Å². The molecule has 8 nitrogen and oxygen atoms in total. The van der Waals surface area contributed by atoms with Gasteiger partial charge >= 0.3 is 5.97 Å². The standard InChI is InChI=1S/C32H34N4O4/c1-24-33-29(36-19-17-35(18-20-36)23-26-9-5-3-6-10-26)21-30(34-24)39-27-15-13-25(14-16-27)22-32(2,31(37)38)40-28-11-7-4-8-12-28/h3-16,21H,17-20,22-23H2,1-2H3,(H,37,38). The SMILES string of the molecule is Cc1nc(Oc2ccc(CC(C)(Oc3ccccc3)C(=O)O)cc2)cc(N2CCN(Cc3ccccc3)CC2)n1. The van der Waals surface area contributed by atoms with E-state index >= 15 is 0 Å². The van der Waals surface area contributed by atoms with Crippen molar-refractivity contribution in [1.29, 1.82) is 0 Å². The van der Waals surface area contributed by atoms with Crippen molar-refractivity contribution < 1.29 is 19.4 Å². The van der Waals surface area contributed by atoms with E-state index in [9.17, 15) is 9.90 Å². The van der Waals surface area contributed by atoms with Crippen LogP contribution in [0.15, 0.2) is 91.0 Å². The number of hydrogen-bond donors (Lipinski definition) is 1. The van der Waals surface area contributed by atoms with Gasteiger partial charge in [0, 0.05) is 45.2 Å². The fourth-order valence-corrected chi connectivity index (χ4v) is 4.81. The summed E-state index contributed by atoms with van der Waals surface area (Å²) in [4.78, 5) is 25.9. The molecule has 1 aliphatic rings. The van der Waals surface area contributed by atoms with Crippen molar-refractivity contribution in [1.82, 2.24) is 14.9 Å². The Morgan fingerprint density at radius 2 is 1.50 bits per heavy atom. The van der Waals surface area contributed by atoms with Crippen LogP contribution < -0.4 is 14.4 Å². The Balaban J connectivity index is 1.21. The van der Waals surface area contributed by atoms with E-state index in [4.69, 9.17) is 9.47 Å². The minimum absolute atomic E-state index is 0.199. The van der Waals surface area contributed by atoms with E-state index < -0.39 is 11.6 Å². The van der Waals surface area contributed by atoms with Gasteiger partial charge in [0.05, 0.1) is 0 Å². The molecule has 0 aliphatic carbocycles. The van der Waals surface area contributed by atoms with E-state index in [2.05, 4.69) is 44.0 Å². The van der Waals surface area contributed by atoms with Crippen LogP contribution in [0.1, 0.15) is 23.9 Å². The quantitative estimate of drug-likeness (QED) is 0.289. The molecule has 0 bridgehead atoms. The van der Waals surface area contributed by atoms with E-state index in [-0.39, 0.29) is 6.42 Å². The predicted molar refractivity (Wildman–Crippen MR) is 154 cm³/mol. The Kier molecular flexibility index (Phi) is 8.26. The maximum Gasteiger partial charge on any atom is 0.348 e. The van der Waals surface area contributed by atoms with E-state index in [1.165, 1.54) is 5.56 Å². The molecule has 8 heteroatoms. The maximum atomic E-state index is 12.1. The van der Waals surface area contributed by atoms with Crippen molar-refractivity contribution in [2.75, 3.05) is 31.1 Å². The lowest BCUT2D eigenvalue weighted by molar-refractivity contribution is -0.153. The molecule has 0 amide bonds. The Bertz CT molecular complexity index is 1410. The summed E-state index contributed by atoms with van der Waals surface area (Å²) in [5.41, 5.74) is 0.737. The number of anilines is 1. The lowest BCUT2D eigenvalue weighted by Gasteiger charge is -2.35. The summed E-state index contributed by atoms with van der Waals surface area (Å²) in [6.45, 7) is 8.07. The van der Waals surface area contributed by atoms with Gasteiger partial charge in [0.2, 0.25) is 11.5 Å². The average Bonchev–Trinajstić information content (AvgIpc) is 2.95. The third-order valence-corrected chi connectivity index (χ3v) is 6.97. The van der Waals surface area contributed by atoms with Crippen LogP contribution >= 0.6 is 0 Å². The second-order valence-electron chi connectivity index (χ2n) is 10.2. The molecule has 1 fully saturated rings. The number of aryl methyl sites for hydroxylation is 1. The van der Waals surface area contributed by atoms with E-state index in [1.54, 1.807) is 19.1 Å². The van der Waals surface area contributed by atoms with Crippen molar-refractivity contribution in [3.8, 4) is 17.4 Å². The fraction of sp³-hybridized carbons (Fsp3) is 0.281. The summed E-state index contributed by atoms with van der Waals surface area (Å²) >= 11 is 0. The molecule has 3 aromatic carbocycles. The molecular weight excluding hydrogens is 504 g/mol. The fourth-order valence-electron chi connectivity index (χ4n) is 4.81. The van der Waals surface area contributed by atoms with Crippen molar-refractivity contribution in [2.45, 2.75) is 32.4 Å². The molecule has 206 valence electrons. The monoisotopic (exact) mass is 538 g/mol. The smallest absolute Gasteiger partial charge is 0.348 e. The number of carboxylic acids is 1. The lowest BCUT2D eigenvalue weighted by Crippen LogP contribution is -2.46. The van der Waals surface area contributed by atoms with Crippen LogP contribution in [0, 0.1) is 6.92 Å². The highest BCUT2D eigenvalue weighted by atomic mass is 16.5. The number of carbonyl (C=O) groups is 1.